The number of aliphatic hydroxyl groups is 1. The number of β-amino-alcohol motifs (C(OH)–C–C–N with tert-alkyl or cyclic N) is 1. The summed E-state index contributed by atoms with van der Waals surface area (Å²) in [5.74, 6) is -0.934. The Morgan fingerprint density at radius 2 is 2.50 bits per heavy atom. The zero-order valence-corrected chi connectivity index (χ0v) is 8.02. The smallest absolute Gasteiger partial charge is 0.326 e. The highest BCUT2D eigenvalue weighted by Gasteiger charge is 2.37. The van der Waals surface area contributed by atoms with Crippen LogP contribution in [0.3, 0.4) is 0 Å². The molecule has 0 bridgehead atoms. The maximum Gasteiger partial charge on any atom is 0.326 e. The van der Waals surface area contributed by atoms with Gasteiger partial charge in [0.2, 0.25) is 5.13 Å². The minimum absolute atomic E-state index is 0.245. The van der Waals surface area contributed by atoms with Crippen molar-refractivity contribution in [2.75, 3.05) is 11.4 Å². The van der Waals surface area contributed by atoms with Crippen LogP contribution in [0.5, 0.6) is 0 Å². The van der Waals surface area contributed by atoms with Crippen LogP contribution in [0.1, 0.15) is 6.42 Å². The number of carbonyl (C=O) groups is 1. The van der Waals surface area contributed by atoms with Crippen LogP contribution >= 0.6 is 11.5 Å². The van der Waals surface area contributed by atoms with Crippen molar-refractivity contribution in [1.82, 2.24) is 9.36 Å². The van der Waals surface area contributed by atoms with Crippen molar-refractivity contribution in [2.45, 2.75) is 18.6 Å². The lowest BCUT2D eigenvalue weighted by Gasteiger charge is -2.18. The number of nitrogens with zero attached hydrogens (tertiary/aromatic N) is 3. The summed E-state index contributed by atoms with van der Waals surface area (Å²) < 4.78 is 3.80. The van der Waals surface area contributed by atoms with Gasteiger partial charge in [-0.2, -0.15) is 4.37 Å². The lowest BCUT2D eigenvalue weighted by Crippen LogP contribution is -2.35. The first-order valence-electron chi connectivity index (χ1n) is 4.12. The number of anilines is 1. The molecular formula is C7H9N3O3S. The minimum atomic E-state index is -0.934. The fraction of sp³-hybridized carbons (Fsp3) is 0.571. The van der Waals surface area contributed by atoms with E-state index in [1.807, 2.05) is 0 Å². The van der Waals surface area contributed by atoms with E-state index < -0.39 is 18.1 Å². The Morgan fingerprint density at radius 3 is 3.07 bits per heavy atom. The molecule has 1 fully saturated rings. The molecule has 0 aromatic carbocycles. The number of aromatic nitrogens is 2. The van der Waals surface area contributed by atoms with E-state index in [4.69, 9.17) is 5.11 Å². The van der Waals surface area contributed by atoms with Gasteiger partial charge in [-0.15, -0.1) is 0 Å². The highest BCUT2D eigenvalue weighted by Crippen LogP contribution is 2.26. The molecule has 0 amide bonds. The molecule has 0 saturated carbocycles. The van der Waals surface area contributed by atoms with Crippen LogP contribution in [0.2, 0.25) is 0 Å². The van der Waals surface area contributed by atoms with Crippen LogP contribution in [-0.4, -0.2) is 44.2 Å². The van der Waals surface area contributed by atoms with Gasteiger partial charge in [0.05, 0.1) is 6.10 Å². The summed E-state index contributed by atoms with van der Waals surface area (Å²) in [6.07, 6.45) is 1.03. The van der Waals surface area contributed by atoms with Gasteiger partial charge in [0.1, 0.15) is 12.4 Å². The molecule has 2 rings (SSSR count). The molecule has 6 nitrogen and oxygen atoms in total. The van der Waals surface area contributed by atoms with E-state index in [0.717, 1.165) is 11.5 Å². The molecule has 76 valence electrons. The van der Waals surface area contributed by atoms with Gasteiger partial charge >= 0.3 is 5.97 Å². The summed E-state index contributed by atoms with van der Waals surface area (Å²) in [5.41, 5.74) is 0. The lowest BCUT2D eigenvalue weighted by atomic mass is 10.2. The van der Waals surface area contributed by atoms with Gasteiger partial charge < -0.3 is 15.1 Å². The molecule has 0 spiro atoms. The molecule has 1 saturated heterocycles. The van der Waals surface area contributed by atoms with Gasteiger partial charge in [-0.05, 0) is 0 Å². The summed E-state index contributed by atoms with van der Waals surface area (Å²) in [5, 5.41) is 18.8. The van der Waals surface area contributed by atoms with E-state index in [0.29, 0.717) is 11.7 Å². The molecule has 0 aliphatic carbocycles. The Bertz CT molecular complexity index is 329. The molecule has 14 heavy (non-hydrogen) atoms. The average Bonchev–Trinajstić information content (AvgIpc) is 2.70. The minimum Gasteiger partial charge on any atom is -0.480 e. The van der Waals surface area contributed by atoms with E-state index >= 15 is 0 Å². The highest BCUT2D eigenvalue weighted by atomic mass is 32.1. The fourth-order valence-corrected chi connectivity index (χ4v) is 2.14. The van der Waals surface area contributed by atoms with E-state index in [1.54, 1.807) is 4.90 Å². The maximum atomic E-state index is 10.9. The number of aliphatic carboxylic acids is 1. The molecule has 2 unspecified atom stereocenters. The summed E-state index contributed by atoms with van der Waals surface area (Å²) >= 11 is 1.13. The normalized spacial score (nSPS) is 26.8. The molecular weight excluding hydrogens is 206 g/mol. The summed E-state index contributed by atoms with van der Waals surface area (Å²) in [6.45, 7) is 0.312. The SMILES string of the molecule is O=C(O)C1CC(O)CN1c1ncns1. The molecule has 2 atom stereocenters. The van der Waals surface area contributed by atoms with Crippen molar-refractivity contribution in [3.05, 3.63) is 6.33 Å². The van der Waals surface area contributed by atoms with Gasteiger partial charge in [-0.1, -0.05) is 0 Å². The van der Waals surface area contributed by atoms with Crippen molar-refractivity contribution in [1.29, 1.82) is 0 Å². The molecule has 1 aliphatic rings. The van der Waals surface area contributed by atoms with Crippen LogP contribution < -0.4 is 4.90 Å². The average molecular weight is 215 g/mol. The van der Waals surface area contributed by atoms with E-state index in [9.17, 15) is 9.90 Å². The first kappa shape index (κ1) is 9.35. The summed E-state index contributed by atoms with van der Waals surface area (Å²) in [6, 6.07) is -0.682. The zero-order valence-electron chi connectivity index (χ0n) is 7.20. The Kier molecular flexibility index (Phi) is 2.34. The molecule has 2 N–H and O–H groups in total. The van der Waals surface area contributed by atoms with Crippen LogP contribution in [0, 0.1) is 0 Å². The second-order valence-corrected chi connectivity index (χ2v) is 3.88. The Labute approximate surface area is 84.0 Å². The third-order valence-electron chi connectivity index (χ3n) is 2.16. The predicted molar refractivity (Wildman–Crippen MR) is 49.3 cm³/mol. The summed E-state index contributed by atoms with van der Waals surface area (Å²) in [4.78, 5) is 16.4. The third-order valence-corrected chi connectivity index (χ3v) is 2.86. The predicted octanol–water partition coefficient (Wildman–Crippen LogP) is -0.438. The van der Waals surface area contributed by atoms with Gasteiger partial charge in [0.15, 0.2) is 0 Å². The Balaban J connectivity index is 2.21. The first-order chi connectivity index (χ1) is 6.68. The van der Waals surface area contributed by atoms with Crippen molar-refractivity contribution in [2.24, 2.45) is 0 Å². The highest BCUT2D eigenvalue weighted by molar-refractivity contribution is 7.09. The topological polar surface area (TPSA) is 86.5 Å². The number of rotatable bonds is 2. The molecule has 1 aromatic rings. The number of aliphatic hydroxyl groups excluding tert-OH is 1. The summed E-state index contributed by atoms with van der Waals surface area (Å²) in [7, 11) is 0. The first-order valence-corrected chi connectivity index (χ1v) is 4.90. The number of carboxylic acid groups (broad SMARTS) is 1. The second kappa shape index (κ2) is 3.50. The lowest BCUT2D eigenvalue weighted by molar-refractivity contribution is -0.138. The standard InChI is InChI=1S/C7H9N3O3S/c11-4-1-5(6(12)13)10(2-4)7-8-3-9-14-7/h3-5,11H,1-2H2,(H,12,13). The molecule has 7 heteroatoms. The van der Waals surface area contributed by atoms with Crippen molar-refractivity contribution in [3.8, 4) is 0 Å². The second-order valence-electron chi connectivity index (χ2n) is 3.12. The van der Waals surface area contributed by atoms with Gasteiger partial charge in [-0.3, -0.25) is 0 Å². The van der Waals surface area contributed by atoms with Crippen LogP contribution in [-0.2, 0) is 4.79 Å². The van der Waals surface area contributed by atoms with E-state index in [-0.39, 0.29) is 6.42 Å². The Morgan fingerprint density at radius 1 is 1.71 bits per heavy atom. The van der Waals surface area contributed by atoms with E-state index in [2.05, 4.69) is 9.36 Å². The zero-order chi connectivity index (χ0) is 10.1. The van der Waals surface area contributed by atoms with Crippen molar-refractivity contribution >= 4 is 22.6 Å². The number of hydrogen-bond donors (Lipinski definition) is 2. The molecule has 1 aliphatic heterocycles. The number of carboxylic acids is 1. The largest absolute Gasteiger partial charge is 0.480 e. The van der Waals surface area contributed by atoms with Gasteiger partial charge in [0.25, 0.3) is 0 Å². The maximum absolute atomic E-state index is 10.9. The quantitative estimate of drug-likeness (QED) is 0.695. The van der Waals surface area contributed by atoms with E-state index in [1.165, 1.54) is 6.33 Å². The molecule has 1 aromatic heterocycles. The van der Waals surface area contributed by atoms with Crippen LogP contribution in [0.15, 0.2) is 6.33 Å². The molecule has 2 heterocycles. The van der Waals surface area contributed by atoms with Gasteiger partial charge in [0, 0.05) is 24.5 Å². The van der Waals surface area contributed by atoms with Crippen LogP contribution in [0.4, 0.5) is 5.13 Å². The Hall–Kier alpha value is -1.21. The van der Waals surface area contributed by atoms with Crippen molar-refractivity contribution < 1.29 is 15.0 Å². The number of hydrogen-bond acceptors (Lipinski definition) is 6. The van der Waals surface area contributed by atoms with Crippen LogP contribution in [0.25, 0.3) is 0 Å². The fourth-order valence-electron chi connectivity index (χ4n) is 1.55. The third kappa shape index (κ3) is 1.55. The van der Waals surface area contributed by atoms with Gasteiger partial charge in [-0.25, -0.2) is 9.78 Å². The molecule has 0 radical (unpaired) electrons. The van der Waals surface area contributed by atoms with Crippen molar-refractivity contribution in [3.63, 3.8) is 0 Å². The monoisotopic (exact) mass is 215 g/mol.